The zero-order valence-corrected chi connectivity index (χ0v) is 9.85. The Morgan fingerprint density at radius 3 is 2.59 bits per heavy atom. The lowest BCUT2D eigenvalue weighted by Gasteiger charge is -2.42. The highest BCUT2D eigenvalue weighted by atomic mass is 16.5. The molecule has 0 aliphatic heterocycles. The molecular formula is C13H17NO3. The predicted octanol–water partition coefficient (Wildman–Crippen LogP) is 1.95. The lowest BCUT2D eigenvalue weighted by Crippen LogP contribution is -2.46. The number of para-hydroxylation sites is 1. The number of aliphatic carboxylic acids is 1. The Morgan fingerprint density at radius 1 is 1.47 bits per heavy atom. The summed E-state index contributed by atoms with van der Waals surface area (Å²) in [6, 6.07) is 6.84. The Bertz CT molecular complexity index is 426. The van der Waals surface area contributed by atoms with Crippen molar-refractivity contribution in [2.24, 2.45) is 11.1 Å². The van der Waals surface area contributed by atoms with Crippen LogP contribution in [0.5, 0.6) is 5.75 Å². The maximum absolute atomic E-state index is 11.4. The summed E-state index contributed by atoms with van der Waals surface area (Å²) in [5, 5.41) is 9.36. The normalized spacial score (nSPS) is 19.2. The molecule has 0 radical (unpaired) electrons. The number of rotatable bonds is 4. The first-order valence-corrected chi connectivity index (χ1v) is 5.74. The molecule has 0 amide bonds. The van der Waals surface area contributed by atoms with Crippen molar-refractivity contribution in [1.29, 1.82) is 0 Å². The van der Waals surface area contributed by atoms with E-state index in [2.05, 4.69) is 0 Å². The molecule has 2 rings (SSSR count). The van der Waals surface area contributed by atoms with E-state index in [1.165, 1.54) is 0 Å². The van der Waals surface area contributed by atoms with Crippen LogP contribution in [0.25, 0.3) is 0 Å². The molecule has 4 heteroatoms. The van der Waals surface area contributed by atoms with Crippen molar-refractivity contribution in [3.05, 3.63) is 29.8 Å². The number of ether oxygens (including phenoxy) is 1. The summed E-state index contributed by atoms with van der Waals surface area (Å²) in [6.45, 7) is 0. The van der Waals surface area contributed by atoms with Gasteiger partial charge in [0.05, 0.1) is 12.5 Å². The third kappa shape index (κ3) is 1.78. The zero-order valence-electron chi connectivity index (χ0n) is 9.85. The van der Waals surface area contributed by atoms with Crippen molar-refractivity contribution < 1.29 is 14.6 Å². The van der Waals surface area contributed by atoms with E-state index in [1.807, 2.05) is 24.3 Å². The minimum absolute atomic E-state index is 0.509. The fourth-order valence-electron chi connectivity index (χ4n) is 2.44. The second kappa shape index (κ2) is 4.37. The summed E-state index contributed by atoms with van der Waals surface area (Å²) in [6.07, 6.45) is 2.21. The molecule has 0 heterocycles. The summed E-state index contributed by atoms with van der Waals surface area (Å²) < 4.78 is 5.24. The van der Waals surface area contributed by atoms with Gasteiger partial charge in [-0.15, -0.1) is 0 Å². The van der Waals surface area contributed by atoms with Gasteiger partial charge in [-0.1, -0.05) is 24.6 Å². The Kier molecular flexibility index (Phi) is 3.07. The van der Waals surface area contributed by atoms with Crippen LogP contribution in [-0.4, -0.2) is 18.2 Å². The number of carboxylic acid groups (broad SMARTS) is 1. The van der Waals surface area contributed by atoms with Gasteiger partial charge in [0.1, 0.15) is 5.75 Å². The molecular weight excluding hydrogens is 218 g/mol. The molecule has 1 saturated carbocycles. The zero-order chi connectivity index (χ0) is 12.5. The summed E-state index contributed by atoms with van der Waals surface area (Å²) in [5.41, 5.74) is 6.12. The summed E-state index contributed by atoms with van der Waals surface area (Å²) in [4.78, 5) is 11.4. The molecule has 1 unspecified atom stereocenters. The Labute approximate surface area is 100 Å². The molecule has 0 bridgehead atoms. The summed E-state index contributed by atoms with van der Waals surface area (Å²) >= 11 is 0. The first kappa shape index (κ1) is 11.9. The lowest BCUT2D eigenvalue weighted by molar-refractivity contribution is -0.156. The number of benzene rings is 1. The minimum Gasteiger partial charge on any atom is -0.496 e. The fraction of sp³-hybridized carbons (Fsp3) is 0.462. The summed E-state index contributed by atoms with van der Waals surface area (Å²) in [7, 11) is 1.57. The van der Waals surface area contributed by atoms with E-state index in [4.69, 9.17) is 10.5 Å². The number of methoxy groups -OCH3 is 1. The standard InChI is InChI=1S/C13H17NO3/c1-17-10-6-3-2-5-9(10)11(14)13(12(15)16)7-4-8-13/h2-3,5-6,11H,4,7-8,14H2,1H3,(H,15,16). The molecule has 17 heavy (non-hydrogen) atoms. The van der Waals surface area contributed by atoms with Gasteiger partial charge in [0, 0.05) is 11.6 Å². The van der Waals surface area contributed by atoms with E-state index in [-0.39, 0.29) is 0 Å². The third-order valence-corrected chi connectivity index (χ3v) is 3.74. The van der Waals surface area contributed by atoms with Crippen LogP contribution in [0.3, 0.4) is 0 Å². The van der Waals surface area contributed by atoms with E-state index in [0.717, 1.165) is 12.0 Å². The van der Waals surface area contributed by atoms with Gasteiger partial charge >= 0.3 is 5.97 Å². The first-order valence-electron chi connectivity index (χ1n) is 5.74. The molecule has 1 aliphatic rings. The molecule has 3 N–H and O–H groups in total. The predicted molar refractivity (Wildman–Crippen MR) is 63.8 cm³/mol. The molecule has 1 fully saturated rings. The van der Waals surface area contributed by atoms with Crippen LogP contribution in [0, 0.1) is 5.41 Å². The number of carbonyl (C=O) groups is 1. The molecule has 92 valence electrons. The average molecular weight is 235 g/mol. The van der Waals surface area contributed by atoms with Crippen LogP contribution in [0.15, 0.2) is 24.3 Å². The van der Waals surface area contributed by atoms with E-state index in [9.17, 15) is 9.90 Å². The molecule has 1 aromatic carbocycles. The van der Waals surface area contributed by atoms with Crippen molar-refractivity contribution in [3.63, 3.8) is 0 Å². The Balaban J connectivity index is 2.36. The molecule has 1 aliphatic carbocycles. The van der Waals surface area contributed by atoms with Gasteiger partial charge in [-0.05, 0) is 18.9 Å². The highest BCUT2D eigenvalue weighted by Gasteiger charge is 2.50. The monoisotopic (exact) mass is 235 g/mol. The second-order valence-corrected chi connectivity index (χ2v) is 4.53. The largest absolute Gasteiger partial charge is 0.496 e. The molecule has 1 atom stereocenters. The van der Waals surface area contributed by atoms with E-state index >= 15 is 0 Å². The quantitative estimate of drug-likeness (QED) is 0.836. The third-order valence-electron chi connectivity index (χ3n) is 3.74. The maximum Gasteiger partial charge on any atom is 0.311 e. The number of hydrogen-bond acceptors (Lipinski definition) is 3. The van der Waals surface area contributed by atoms with Crippen LogP contribution in [0.4, 0.5) is 0 Å². The molecule has 0 spiro atoms. The maximum atomic E-state index is 11.4. The van der Waals surface area contributed by atoms with Crippen LogP contribution in [0.2, 0.25) is 0 Å². The van der Waals surface area contributed by atoms with E-state index in [0.29, 0.717) is 18.6 Å². The number of hydrogen-bond donors (Lipinski definition) is 2. The highest BCUT2D eigenvalue weighted by Crippen LogP contribution is 2.50. The van der Waals surface area contributed by atoms with Crippen molar-refractivity contribution in [1.82, 2.24) is 0 Å². The molecule has 0 aromatic heterocycles. The van der Waals surface area contributed by atoms with Gasteiger partial charge in [-0.2, -0.15) is 0 Å². The van der Waals surface area contributed by atoms with Crippen molar-refractivity contribution in [2.45, 2.75) is 25.3 Å². The van der Waals surface area contributed by atoms with Gasteiger partial charge in [-0.25, -0.2) is 0 Å². The fourth-order valence-corrected chi connectivity index (χ4v) is 2.44. The van der Waals surface area contributed by atoms with Gasteiger partial charge in [-0.3, -0.25) is 4.79 Å². The van der Waals surface area contributed by atoms with Gasteiger partial charge in [0.25, 0.3) is 0 Å². The molecule has 0 saturated heterocycles. The second-order valence-electron chi connectivity index (χ2n) is 4.53. The SMILES string of the molecule is COc1ccccc1C(N)C1(C(=O)O)CCC1. The van der Waals surface area contributed by atoms with Crippen LogP contribution >= 0.6 is 0 Å². The Morgan fingerprint density at radius 2 is 2.12 bits per heavy atom. The topological polar surface area (TPSA) is 72.5 Å². The minimum atomic E-state index is -0.811. The van der Waals surface area contributed by atoms with Gasteiger partial charge in [0.2, 0.25) is 0 Å². The van der Waals surface area contributed by atoms with E-state index < -0.39 is 17.4 Å². The molecule has 4 nitrogen and oxygen atoms in total. The van der Waals surface area contributed by atoms with Crippen molar-refractivity contribution in [3.8, 4) is 5.75 Å². The van der Waals surface area contributed by atoms with Crippen LogP contribution in [0.1, 0.15) is 30.9 Å². The number of carboxylic acids is 1. The van der Waals surface area contributed by atoms with Crippen molar-refractivity contribution in [2.75, 3.05) is 7.11 Å². The smallest absolute Gasteiger partial charge is 0.311 e. The van der Waals surface area contributed by atoms with Crippen LogP contribution in [-0.2, 0) is 4.79 Å². The van der Waals surface area contributed by atoms with Crippen LogP contribution < -0.4 is 10.5 Å². The van der Waals surface area contributed by atoms with Gasteiger partial charge in [0.15, 0.2) is 0 Å². The van der Waals surface area contributed by atoms with Crippen molar-refractivity contribution >= 4 is 5.97 Å². The Hall–Kier alpha value is -1.55. The van der Waals surface area contributed by atoms with Gasteiger partial charge < -0.3 is 15.6 Å². The van der Waals surface area contributed by atoms with E-state index in [1.54, 1.807) is 7.11 Å². The highest BCUT2D eigenvalue weighted by molar-refractivity contribution is 5.77. The lowest BCUT2D eigenvalue weighted by atomic mass is 9.62. The summed E-state index contributed by atoms with van der Waals surface area (Å²) in [5.74, 6) is -0.144. The first-order chi connectivity index (χ1) is 8.12. The molecule has 1 aromatic rings. The number of nitrogens with two attached hydrogens (primary N) is 1. The average Bonchev–Trinajstić information content (AvgIpc) is 2.26.